The molecule has 1 amide bonds. The Balaban J connectivity index is 1.53. The normalized spacial score (nSPS) is 24.3. The van der Waals surface area contributed by atoms with Gasteiger partial charge in [-0.3, -0.25) is 0 Å². The molecule has 0 radical (unpaired) electrons. The monoisotopic (exact) mass is 342 g/mol. The molecule has 0 aliphatic heterocycles. The van der Waals surface area contributed by atoms with Gasteiger partial charge in [-0.1, -0.05) is 18.2 Å². The molecule has 2 saturated carbocycles. The molecule has 0 heterocycles. The Kier molecular flexibility index (Phi) is 5.45. The third-order valence-corrected chi connectivity index (χ3v) is 4.91. The highest BCUT2D eigenvalue weighted by Crippen LogP contribution is 2.38. The van der Waals surface area contributed by atoms with Gasteiger partial charge in [0.25, 0.3) is 0 Å². The zero-order valence-corrected chi connectivity index (χ0v) is 15.6. The first-order chi connectivity index (χ1) is 11.9. The molecular weight excluding hydrogens is 312 g/mol. The van der Waals surface area contributed by atoms with E-state index in [0.29, 0.717) is 12.0 Å². The van der Waals surface area contributed by atoms with Gasteiger partial charge in [-0.15, -0.1) is 0 Å². The van der Waals surface area contributed by atoms with Crippen LogP contribution in [0.2, 0.25) is 0 Å². The molecule has 3 rings (SSSR count). The van der Waals surface area contributed by atoms with E-state index in [-0.39, 0.29) is 0 Å². The molecule has 1 aromatic carbocycles. The number of benzene rings is 1. The Bertz CT molecular complexity index is 594. The van der Waals surface area contributed by atoms with Crippen molar-refractivity contribution < 1.29 is 9.53 Å². The number of aliphatic imine (C=N–C) groups is 1. The van der Waals surface area contributed by atoms with E-state index in [4.69, 9.17) is 4.74 Å². The van der Waals surface area contributed by atoms with Crippen LogP contribution in [0.4, 0.5) is 10.5 Å². The first-order valence-electron chi connectivity index (χ1n) is 9.53. The minimum atomic E-state index is -0.480. The molecule has 0 N–H and O–H groups in total. The van der Waals surface area contributed by atoms with Crippen LogP contribution in [0, 0.1) is 5.92 Å². The van der Waals surface area contributed by atoms with Gasteiger partial charge >= 0.3 is 6.09 Å². The lowest BCUT2D eigenvalue weighted by molar-refractivity contribution is 0.0604. The van der Waals surface area contributed by atoms with Crippen molar-refractivity contribution in [1.29, 1.82) is 0 Å². The van der Waals surface area contributed by atoms with Gasteiger partial charge in [0.15, 0.2) is 0 Å². The van der Waals surface area contributed by atoms with E-state index < -0.39 is 11.7 Å². The number of ether oxygens (including phenoxy) is 1. The number of carbonyl (C=O) groups excluding carboxylic acids is 1. The SMILES string of the molecule is CC(C)(C)OC(=O)/N=C/C1CCC(N(c2ccccc2)C2CC2)CC1. The fourth-order valence-corrected chi connectivity index (χ4v) is 3.66. The number of para-hydroxylation sites is 1. The molecule has 0 unspecified atom stereocenters. The van der Waals surface area contributed by atoms with E-state index in [1.54, 1.807) is 0 Å². The van der Waals surface area contributed by atoms with Gasteiger partial charge < -0.3 is 9.64 Å². The fraction of sp³-hybridized carbons (Fsp3) is 0.619. The van der Waals surface area contributed by atoms with Gasteiger partial charge in [0, 0.05) is 24.0 Å². The van der Waals surface area contributed by atoms with Crippen LogP contribution in [-0.2, 0) is 4.74 Å². The molecule has 4 nitrogen and oxygen atoms in total. The quantitative estimate of drug-likeness (QED) is 0.704. The Hall–Kier alpha value is -1.84. The van der Waals surface area contributed by atoms with Gasteiger partial charge in [-0.05, 0) is 77.3 Å². The lowest BCUT2D eigenvalue weighted by Gasteiger charge is -2.38. The maximum absolute atomic E-state index is 11.7. The molecule has 4 heteroatoms. The molecule has 25 heavy (non-hydrogen) atoms. The number of hydrogen-bond acceptors (Lipinski definition) is 3. The van der Waals surface area contributed by atoms with E-state index in [2.05, 4.69) is 40.2 Å². The zero-order chi connectivity index (χ0) is 17.9. The Morgan fingerprint density at radius 2 is 1.60 bits per heavy atom. The summed E-state index contributed by atoms with van der Waals surface area (Å²) in [4.78, 5) is 18.4. The van der Waals surface area contributed by atoms with E-state index >= 15 is 0 Å². The van der Waals surface area contributed by atoms with Crippen molar-refractivity contribution in [3.8, 4) is 0 Å². The predicted molar refractivity (Wildman–Crippen MR) is 102 cm³/mol. The lowest BCUT2D eigenvalue weighted by atomic mass is 9.85. The van der Waals surface area contributed by atoms with Crippen molar-refractivity contribution in [3.05, 3.63) is 30.3 Å². The Morgan fingerprint density at radius 3 is 2.12 bits per heavy atom. The van der Waals surface area contributed by atoms with Crippen molar-refractivity contribution in [3.63, 3.8) is 0 Å². The van der Waals surface area contributed by atoms with Crippen LogP contribution >= 0.6 is 0 Å². The highest BCUT2D eigenvalue weighted by Gasteiger charge is 2.35. The average molecular weight is 342 g/mol. The Morgan fingerprint density at radius 1 is 1.04 bits per heavy atom. The molecule has 0 atom stereocenters. The minimum absolute atomic E-state index is 0.389. The van der Waals surface area contributed by atoms with E-state index in [1.165, 1.54) is 18.5 Å². The number of nitrogens with zero attached hydrogens (tertiary/aromatic N) is 2. The molecule has 2 aliphatic rings. The van der Waals surface area contributed by atoms with E-state index in [1.807, 2.05) is 27.0 Å². The molecule has 0 saturated heterocycles. The van der Waals surface area contributed by atoms with E-state index in [0.717, 1.165) is 31.7 Å². The number of carbonyl (C=O) groups is 1. The van der Waals surface area contributed by atoms with Gasteiger partial charge in [0.2, 0.25) is 0 Å². The van der Waals surface area contributed by atoms with Crippen molar-refractivity contribution >= 4 is 18.0 Å². The predicted octanol–water partition coefficient (Wildman–Crippen LogP) is 5.22. The van der Waals surface area contributed by atoms with Crippen molar-refractivity contribution in [2.45, 2.75) is 77.0 Å². The highest BCUT2D eigenvalue weighted by atomic mass is 16.6. The zero-order valence-electron chi connectivity index (χ0n) is 15.6. The molecule has 2 aliphatic carbocycles. The third kappa shape index (κ3) is 5.32. The lowest BCUT2D eigenvalue weighted by Crippen LogP contribution is -2.40. The molecule has 0 spiro atoms. The highest BCUT2D eigenvalue weighted by molar-refractivity contribution is 5.80. The summed E-state index contributed by atoms with van der Waals surface area (Å²) in [5.41, 5.74) is 0.878. The molecular formula is C21H30N2O2. The summed E-state index contributed by atoms with van der Waals surface area (Å²) in [5, 5.41) is 0. The number of anilines is 1. The van der Waals surface area contributed by atoms with Crippen molar-refractivity contribution in [2.24, 2.45) is 10.9 Å². The van der Waals surface area contributed by atoms with Crippen LogP contribution in [-0.4, -0.2) is 30.0 Å². The molecule has 0 aromatic heterocycles. The average Bonchev–Trinajstić information content (AvgIpc) is 3.39. The summed E-state index contributed by atoms with van der Waals surface area (Å²) < 4.78 is 5.24. The van der Waals surface area contributed by atoms with Gasteiger partial charge in [0.05, 0.1) is 0 Å². The van der Waals surface area contributed by atoms with Crippen molar-refractivity contribution in [2.75, 3.05) is 4.90 Å². The number of rotatable bonds is 4. The van der Waals surface area contributed by atoms with Crippen LogP contribution in [0.25, 0.3) is 0 Å². The van der Waals surface area contributed by atoms with Gasteiger partial charge in [0.1, 0.15) is 5.60 Å². The van der Waals surface area contributed by atoms with Crippen LogP contribution in [0.3, 0.4) is 0 Å². The number of amides is 1. The minimum Gasteiger partial charge on any atom is -0.442 e. The third-order valence-electron chi connectivity index (χ3n) is 4.91. The molecule has 2 fully saturated rings. The summed E-state index contributed by atoms with van der Waals surface area (Å²) in [7, 11) is 0. The van der Waals surface area contributed by atoms with Crippen LogP contribution in [0.5, 0.6) is 0 Å². The van der Waals surface area contributed by atoms with Gasteiger partial charge in [-0.25, -0.2) is 4.79 Å². The maximum Gasteiger partial charge on any atom is 0.433 e. The topological polar surface area (TPSA) is 41.9 Å². The fourth-order valence-electron chi connectivity index (χ4n) is 3.66. The largest absolute Gasteiger partial charge is 0.442 e. The van der Waals surface area contributed by atoms with Crippen LogP contribution in [0.1, 0.15) is 59.3 Å². The first-order valence-corrected chi connectivity index (χ1v) is 9.53. The maximum atomic E-state index is 11.7. The first kappa shape index (κ1) is 18.0. The standard InChI is InChI=1S/C21H30N2O2/c1-21(2,3)25-20(24)22-15-16-9-11-18(12-10-16)23(19-13-14-19)17-7-5-4-6-8-17/h4-8,15-16,18-19H,9-14H2,1-3H3/b22-15+. The summed E-state index contributed by atoms with van der Waals surface area (Å²) >= 11 is 0. The number of hydrogen-bond donors (Lipinski definition) is 0. The second-order valence-electron chi connectivity index (χ2n) is 8.30. The summed E-state index contributed by atoms with van der Waals surface area (Å²) in [6.07, 6.45) is 8.48. The molecule has 0 bridgehead atoms. The van der Waals surface area contributed by atoms with Crippen LogP contribution < -0.4 is 4.90 Å². The smallest absolute Gasteiger partial charge is 0.433 e. The second-order valence-corrected chi connectivity index (χ2v) is 8.30. The summed E-state index contributed by atoms with van der Waals surface area (Å²) in [6.45, 7) is 5.59. The Labute approximate surface area is 151 Å². The van der Waals surface area contributed by atoms with Gasteiger partial charge in [-0.2, -0.15) is 4.99 Å². The van der Waals surface area contributed by atoms with Crippen molar-refractivity contribution in [1.82, 2.24) is 0 Å². The second kappa shape index (κ2) is 7.59. The molecule has 136 valence electrons. The van der Waals surface area contributed by atoms with Crippen LogP contribution in [0.15, 0.2) is 35.3 Å². The summed E-state index contributed by atoms with van der Waals surface area (Å²) in [6, 6.07) is 12.1. The molecule has 1 aromatic rings. The van der Waals surface area contributed by atoms with E-state index in [9.17, 15) is 4.79 Å². The summed E-state index contributed by atoms with van der Waals surface area (Å²) in [5.74, 6) is 0.389.